The average molecular weight is 365 g/mol. The SMILES string of the molecule is O=C(CNS(=O)(=O)c1cccs1)NCCc1nc2ccccc2o1. The number of carbonyl (C=O) groups is 1. The zero-order valence-corrected chi connectivity index (χ0v) is 14.2. The Hall–Kier alpha value is -2.23. The van der Waals surface area contributed by atoms with Gasteiger partial charge in [0.2, 0.25) is 5.91 Å². The van der Waals surface area contributed by atoms with Crippen molar-refractivity contribution in [2.45, 2.75) is 10.6 Å². The molecule has 1 amide bonds. The molecular formula is C15H15N3O4S2. The van der Waals surface area contributed by atoms with Crippen LogP contribution in [0.5, 0.6) is 0 Å². The van der Waals surface area contributed by atoms with Gasteiger partial charge in [-0.05, 0) is 23.6 Å². The van der Waals surface area contributed by atoms with Crippen molar-refractivity contribution in [3.05, 3.63) is 47.7 Å². The second-order valence-electron chi connectivity index (χ2n) is 4.93. The fraction of sp³-hybridized carbons (Fsp3) is 0.200. The first kappa shape index (κ1) is 16.6. The molecule has 0 saturated heterocycles. The number of nitrogens with zero attached hydrogens (tertiary/aromatic N) is 1. The maximum absolute atomic E-state index is 11.9. The fourth-order valence-electron chi connectivity index (χ4n) is 2.05. The van der Waals surface area contributed by atoms with E-state index in [0.29, 0.717) is 24.4 Å². The molecular weight excluding hydrogens is 350 g/mol. The van der Waals surface area contributed by atoms with E-state index in [1.54, 1.807) is 11.4 Å². The van der Waals surface area contributed by atoms with E-state index < -0.39 is 15.9 Å². The van der Waals surface area contributed by atoms with Crippen LogP contribution in [0.15, 0.2) is 50.4 Å². The molecule has 2 heterocycles. The molecule has 3 rings (SSSR count). The molecule has 0 radical (unpaired) electrons. The van der Waals surface area contributed by atoms with Gasteiger partial charge in [0.15, 0.2) is 11.5 Å². The van der Waals surface area contributed by atoms with Crippen LogP contribution in [0.1, 0.15) is 5.89 Å². The molecule has 0 aliphatic heterocycles. The summed E-state index contributed by atoms with van der Waals surface area (Å²) in [6.07, 6.45) is 0.429. The summed E-state index contributed by atoms with van der Waals surface area (Å²) in [4.78, 5) is 16.0. The van der Waals surface area contributed by atoms with Gasteiger partial charge in [0, 0.05) is 13.0 Å². The molecule has 7 nitrogen and oxygen atoms in total. The standard InChI is InChI=1S/C15H15N3O4S2/c19-13(10-17-24(20,21)15-6-3-9-23-15)16-8-7-14-18-11-4-1-2-5-12(11)22-14/h1-6,9,17H,7-8,10H2,(H,16,19). The largest absolute Gasteiger partial charge is 0.441 e. The monoisotopic (exact) mass is 365 g/mol. The summed E-state index contributed by atoms with van der Waals surface area (Å²) < 4.78 is 31.8. The van der Waals surface area contributed by atoms with E-state index in [1.807, 2.05) is 24.3 Å². The Morgan fingerprint density at radius 3 is 2.79 bits per heavy atom. The van der Waals surface area contributed by atoms with Gasteiger partial charge in [0.25, 0.3) is 10.0 Å². The number of oxazole rings is 1. The number of para-hydroxylation sites is 2. The predicted molar refractivity (Wildman–Crippen MR) is 90.2 cm³/mol. The van der Waals surface area contributed by atoms with Gasteiger partial charge in [-0.1, -0.05) is 18.2 Å². The summed E-state index contributed by atoms with van der Waals surface area (Å²) in [6, 6.07) is 10.5. The first-order chi connectivity index (χ1) is 11.5. The first-order valence-electron chi connectivity index (χ1n) is 7.19. The molecule has 2 aromatic heterocycles. The van der Waals surface area contributed by atoms with Crippen molar-refractivity contribution in [3.8, 4) is 0 Å². The van der Waals surface area contributed by atoms with Gasteiger partial charge >= 0.3 is 0 Å². The van der Waals surface area contributed by atoms with Crippen LogP contribution in [-0.2, 0) is 21.2 Å². The Balaban J connectivity index is 1.46. The number of benzene rings is 1. The minimum Gasteiger partial charge on any atom is -0.441 e. The number of hydrogen-bond acceptors (Lipinski definition) is 6. The number of carbonyl (C=O) groups excluding carboxylic acids is 1. The number of thiophene rings is 1. The van der Waals surface area contributed by atoms with Crippen molar-refractivity contribution in [3.63, 3.8) is 0 Å². The summed E-state index contributed by atoms with van der Waals surface area (Å²) in [5, 5.41) is 4.29. The average Bonchev–Trinajstić information content (AvgIpc) is 3.22. The molecule has 0 saturated carbocycles. The molecule has 0 unspecified atom stereocenters. The fourth-order valence-corrected chi connectivity index (χ4v) is 4.07. The summed E-state index contributed by atoms with van der Waals surface area (Å²) in [5.74, 6) is 0.113. The Kier molecular flexibility index (Phi) is 4.93. The topological polar surface area (TPSA) is 101 Å². The van der Waals surface area contributed by atoms with Crippen molar-refractivity contribution in [2.24, 2.45) is 0 Å². The van der Waals surface area contributed by atoms with Crippen molar-refractivity contribution < 1.29 is 17.6 Å². The van der Waals surface area contributed by atoms with E-state index in [0.717, 1.165) is 16.9 Å². The van der Waals surface area contributed by atoms with E-state index in [-0.39, 0.29) is 10.8 Å². The Bertz CT molecular complexity index is 900. The lowest BCUT2D eigenvalue weighted by molar-refractivity contribution is -0.119. The Morgan fingerprint density at radius 2 is 2.04 bits per heavy atom. The zero-order valence-electron chi connectivity index (χ0n) is 12.6. The van der Waals surface area contributed by atoms with Gasteiger partial charge in [0.05, 0.1) is 6.54 Å². The molecule has 0 fully saturated rings. The third-order valence-corrected chi connectivity index (χ3v) is 5.98. The van der Waals surface area contributed by atoms with Crippen molar-refractivity contribution in [1.29, 1.82) is 0 Å². The minimum atomic E-state index is -3.63. The number of nitrogens with one attached hydrogen (secondary N) is 2. The van der Waals surface area contributed by atoms with Crippen LogP contribution in [0.4, 0.5) is 0 Å². The molecule has 0 aliphatic rings. The van der Waals surface area contributed by atoms with Crippen LogP contribution in [-0.4, -0.2) is 32.4 Å². The van der Waals surface area contributed by atoms with Crippen molar-refractivity contribution in [2.75, 3.05) is 13.1 Å². The van der Waals surface area contributed by atoms with Gasteiger partial charge in [-0.25, -0.2) is 18.1 Å². The number of amides is 1. The molecule has 0 aliphatic carbocycles. The molecule has 1 aromatic carbocycles. The number of sulfonamides is 1. The second kappa shape index (κ2) is 7.12. The van der Waals surface area contributed by atoms with Crippen LogP contribution in [0.25, 0.3) is 11.1 Å². The van der Waals surface area contributed by atoms with E-state index in [1.165, 1.54) is 6.07 Å². The lowest BCUT2D eigenvalue weighted by atomic mass is 10.3. The highest BCUT2D eigenvalue weighted by molar-refractivity contribution is 7.91. The highest BCUT2D eigenvalue weighted by Crippen LogP contribution is 2.15. The summed E-state index contributed by atoms with van der Waals surface area (Å²) in [5.41, 5.74) is 1.46. The number of aromatic nitrogens is 1. The number of rotatable bonds is 7. The first-order valence-corrected chi connectivity index (χ1v) is 9.55. The summed E-state index contributed by atoms with van der Waals surface area (Å²) >= 11 is 1.10. The summed E-state index contributed by atoms with van der Waals surface area (Å²) in [7, 11) is -3.63. The van der Waals surface area contributed by atoms with E-state index in [4.69, 9.17) is 4.42 Å². The normalized spacial score (nSPS) is 11.7. The lowest BCUT2D eigenvalue weighted by Crippen LogP contribution is -2.37. The van der Waals surface area contributed by atoms with Crippen molar-refractivity contribution in [1.82, 2.24) is 15.0 Å². The maximum atomic E-state index is 11.9. The van der Waals surface area contributed by atoms with Crippen LogP contribution >= 0.6 is 11.3 Å². The molecule has 9 heteroatoms. The molecule has 0 spiro atoms. The Morgan fingerprint density at radius 1 is 1.21 bits per heavy atom. The molecule has 3 aromatic rings. The van der Waals surface area contributed by atoms with E-state index >= 15 is 0 Å². The second-order valence-corrected chi connectivity index (χ2v) is 7.87. The zero-order chi connectivity index (χ0) is 17.0. The smallest absolute Gasteiger partial charge is 0.250 e. The maximum Gasteiger partial charge on any atom is 0.250 e. The van der Waals surface area contributed by atoms with Gasteiger partial charge in [-0.2, -0.15) is 0 Å². The van der Waals surface area contributed by atoms with Gasteiger partial charge in [0.1, 0.15) is 9.73 Å². The highest BCUT2D eigenvalue weighted by Gasteiger charge is 2.16. The molecule has 0 bridgehead atoms. The molecule has 126 valence electrons. The van der Waals surface area contributed by atoms with Crippen LogP contribution in [0, 0.1) is 0 Å². The minimum absolute atomic E-state index is 0.182. The van der Waals surface area contributed by atoms with E-state index in [2.05, 4.69) is 15.0 Å². The van der Waals surface area contributed by atoms with Crippen molar-refractivity contribution >= 4 is 38.4 Å². The quantitative estimate of drug-likeness (QED) is 0.661. The van der Waals surface area contributed by atoms with Crippen LogP contribution < -0.4 is 10.0 Å². The summed E-state index contributed by atoms with van der Waals surface area (Å²) in [6.45, 7) is 0.000176. The number of fused-ring (bicyclic) bond motifs is 1. The Labute approximate surface area is 142 Å². The van der Waals surface area contributed by atoms with Gasteiger partial charge in [-0.15, -0.1) is 11.3 Å². The van der Waals surface area contributed by atoms with Gasteiger partial charge in [-0.3, -0.25) is 4.79 Å². The molecule has 24 heavy (non-hydrogen) atoms. The van der Waals surface area contributed by atoms with Gasteiger partial charge < -0.3 is 9.73 Å². The van der Waals surface area contributed by atoms with Crippen LogP contribution in [0.2, 0.25) is 0 Å². The predicted octanol–water partition coefficient (Wildman–Crippen LogP) is 1.53. The lowest BCUT2D eigenvalue weighted by Gasteiger charge is -2.05. The van der Waals surface area contributed by atoms with Crippen LogP contribution in [0.3, 0.4) is 0 Å². The van der Waals surface area contributed by atoms with E-state index in [9.17, 15) is 13.2 Å². The highest BCUT2D eigenvalue weighted by atomic mass is 32.2. The molecule has 0 atom stereocenters. The number of hydrogen-bond donors (Lipinski definition) is 2. The third-order valence-electron chi connectivity index (χ3n) is 3.18. The molecule has 2 N–H and O–H groups in total. The third kappa shape index (κ3) is 3.99.